The summed E-state index contributed by atoms with van der Waals surface area (Å²) in [6.07, 6.45) is 3.28. The number of sulfonamides is 1. The summed E-state index contributed by atoms with van der Waals surface area (Å²) in [5.41, 5.74) is 1.33. The maximum Gasteiger partial charge on any atom is 0.268 e. The maximum atomic E-state index is 12.6. The molecule has 1 aliphatic rings. The first kappa shape index (κ1) is 17.7. The standard InChI is InChI=1S/C18H23N3O3S/c1-14(15-8-4-3-5-9-15)19-18(22)17-12-16(13-20(17)2)25(23,24)21-10-6-7-11-21/h3-5,8-9,12-14H,6-7,10-11H2,1-2H3,(H,19,22)/t14-/m0/s1. The second kappa shape index (κ2) is 7.01. The molecule has 1 saturated heterocycles. The number of carbonyl (C=O) groups excluding carboxylic acids is 1. The zero-order valence-electron chi connectivity index (χ0n) is 14.5. The summed E-state index contributed by atoms with van der Waals surface area (Å²) >= 11 is 0. The van der Waals surface area contributed by atoms with Crippen molar-refractivity contribution in [1.82, 2.24) is 14.2 Å². The van der Waals surface area contributed by atoms with Crippen LogP contribution < -0.4 is 5.32 Å². The SMILES string of the molecule is C[C@H](NC(=O)c1cc(S(=O)(=O)N2CCCC2)cn1C)c1ccccc1. The van der Waals surface area contributed by atoms with Crippen molar-refractivity contribution < 1.29 is 13.2 Å². The molecule has 6 nitrogen and oxygen atoms in total. The van der Waals surface area contributed by atoms with Crippen molar-refractivity contribution in [2.75, 3.05) is 13.1 Å². The van der Waals surface area contributed by atoms with Crippen molar-refractivity contribution in [3.05, 3.63) is 53.9 Å². The number of aromatic nitrogens is 1. The van der Waals surface area contributed by atoms with E-state index in [1.807, 2.05) is 37.3 Å². The third-order valence-corrected chi connectivity index (χ3v) is 6.43. The zero-order chi connectivity index (χ0) is 18.0. The van der Waals surface area contributed by atoms with Crippen LogP contribution in [0.25, 0.3) is 0 Å². The molecular weight excluding hydrogens is 338 g/mol. The third-order valence-electron chi connectivity index (χ3n) is 4.56. The number of hydrogen-bond donors (Lipinski definition) is 1. The molecule has 0 spiro atoms. The lowest BCUT2D eigenvalue weighted by Gasteiger charge is -2.14. The van der Waals surface area contributed by atoms with Crippen LogP contribution in [0.5, 0.6) is 0 Å². The summed E-state index contributed by atoms with van der Waals surface area (Å²) in [5, 5.41) is 2.92. The minimum absolute atomic E-state index is 0.165. The second-order valence-corrected chi connectivity index (χ2v) is 8.33. The van der Waals surface area contributed by atoms with Crippen LogP contribution in [0.2, 0.25) is 0 Å². The molecule has 1 atom stereocenters. The third kappa shape index (κ3) is 3.62. The Morgan fingerprint density at radius 2 is 1.80 bits per heavy atom. The van der Waals surface area contributed by atoms with Gasteiger partial charge in [0.25, 0.3) is 5.91 Å². The minimum Gasteiger partial charge on any atom is -0.345 e. The highest BCUT2D eigenvalue weighted by Gasteiger charge is 2.29. The Kier molecular flexibility index (Phi) is 4.96. The van der Waals surface area contributed by atoms with E-state index >= 15 is 0 Å². The Hall–Kier alpha value is -2.12. The van der Waals surface area contributed by atoms with E-state index < -0.39 is 10.0 Å². The molecule has 2 heterocycles. The number of nitrogens with zero attached hydrogens (tertiary/aromatic N) is 2. The van der Waals surface area contributed by atoms with Gasteiger partial charge >= 0.3 is 0 Å². The Bertz CT molecular complexity index is 853. The molecule has 1 N–H and O–H groups in total. The number of hydrogen-bond acceptors (Lipinski definition) is 3. The topological polar surface area (TPSA) is 71.4 Å². The second-order valence-electron chi connectivity index (χ2n) is 6.39. The molecule has 0 saturated carbocycles. The van der Waals surface area contributed by atoms with Gasteiger partial charge < -0.3 is 9.88 Å². The van der Waals surface area contributed by atoms with Crippen LogP contribution in [0.4, 0.5) is 0 Å². The van der Waals surface area contributed by atoms with Crippen LogP contribution in [0.3, 0.4) is 0 Å². The van der Waals surface area contributed by atoms with E-state index in [0.29, 0.717) is 18.8 Å². The summed E-state index contributed by atoms with van der Waals surface area (Å²) in [4.78, 5) is 12.7. The number of amides is 1. The largest absolute Gasteiger partial charge is 0.345 e. The Morgan fingerprint density at radius 3 is 2.44 bits per heavy atom. The van der Waals surface area contributed by atoms with E-state index in [1.165, 1.54) is 16.6 Å². The van der Waals surface area contributed by atoms with Crippen LogP contribution in [0.15, 0.2) is 47.5 Å². The van der Waals surface area contributed by atoms with E-state index in [9.17, 15) is 13.2 Å². The highest BCUT2D eigenvalue weighted by Crippen LogP contribution is 2.23. The molecule has 0 bridgehead atoms. The average molecular weight is 361 g/mol. The quantitative estimate of drug-likeness (QED) is 0.888. The van der Waals surface area contributed by atoms with Crippen molar-refractivity contribution in [3.63, 3.8) is 0 Å². The number of rotatable bonds is 5. The van der Waals surface area contributed by atoms with Gasteiger partial charge in [-0.1, -0.05) is 30.3 Å². The summed E-state index contributed by atoms with van der Waals surface area (Å²) in [6.45, 7) is 2.99. The molecular formula is C18H23N3O3S. The van der Waals surface area contributed by atoms with Crippen LogP contribution in [0.1, 0.15) is 41.9 Å². The van der Waals surface area contributed by atoms with E-state index in [1.54, 1.807) is 11.6 Å². The van der Waals surface area contributed by atoms with Gasteiger partial charge in [0, 0.05) is 26.3 Å². The summed E-state index contributed by atoms with van der Waals surface area (Å²) in [7, 11) is -1.84. The van der Waals surface area contributed by atoms with Crippen LogP contribution >= 0.6 is 0 Å². The van der Waals surface area contributed by atoms with Gasteiger partial charge in [0.2, 0.25) is 10.0 Å². The van der Waals surface area contributed by atoms with Gasteiger partial charge in [-0.15, -0.1) is 0 Å². The first-order chi connectivity index (χ1) is 11.9. The molecule has 1 aromatic heterocycles. The Balaban J connectivity index is 1.79. The van der Waals surface area contributed by atoms with Crippen LogP contribution in [-0.4, -0.2) is 36.3 Å². The monoisotopic (exact) mass is 361 g/mol. The van der Waals surface area contributed by atoms with Crippen molar-refractivity contribution in [2.24, 2.45) is 7.05 Å². The van der Waals surface area contributed by atoms with E-state index in [-0.39, 0.29) is 16.8 Å². The normalized spacial score (nSPS) is 16.7. The lowest BCUT2D eigenvalue weighted by Crippen LogP contribution is -2.28. The van der Waals surface area contributed by atoms with Crippen molar-refractivity contribution in [2.45, 2.75) is 30.7 Å². The fourth-order valence-electron chi connectivity index (χ4n) is 3.07. The Morgan fingerprint density at radius 1 is 1.16 bits per heavy atom. The fourth-order valence-corrected chi connectivity index (χ4v) is 4.66. The van der Waals surface area contributed by atoms with Gasteiger partial charge in [0.05, 0.1) is 6.04 Å². The summed E-state index contributed by atoms with van der Waals surface area (Å²) < 4.78 is 28.3. The molecule has 1 fully saturated rings. The van der Waals surface area contributed by atoms with Gasteiger partial charge in [-0.25, -0.2) is 8.42 Å². The smallest absolute Gasteiger partial charge is 0.268 e. The Labute approximate surface area is 148 Å². The number of carbonyl (C=O) groups is 1. The number of nitrogens with one attached hydrogen (secondary N) is 1. The first-order valence-corrected chi connectivity index (χ1v) is 9.86. The van der Waals surface area contributed by atoms with Gasteiger partial charge in [-0.3, -0.25) is 4.79 Å². The summed E-state index contributed by atoms with van der Waals surface area (Å²) in [5.74, 6) is -0.290. The molecule has 134 valence electrons. The molecule has 0 aliphatic carbocycles. The predicted octanol–water partition coefficient (Wildman–Crippen LogP) is 2.30. The van der Waals surface area contributed by atoms with Crippen molar-refractivity contribution >= 4 is 15.9 Å². The lowest BCUT2D eigenvalue weighted by molar-refractivity contribution is 0.0931. The highest BCUT2D eigenvalue weighted by atomic mass is 32.2. The molecule has 1 aliphatic heterocycles. The van der Waals surface area contributed by atoms with Crippen LogP contribution in [0, 0.1) is 0 Å². The number of aryl methyl sites for hydroxylation is 1. The minimum atomic E-state index is -3.52. The van der Waals surface area contributed by atoms with Gasteiger partial charge in [-0.05, 0) is 31.4 Å². The molecule has 3 rings (SSSR count). The maximum absolute atomic E-state index is 12.6. The fraction of sp³-hybridized carbons (Fsp3) is 0.389. The van der Waals surface area contributed by atoms with Crippen molar-refractivity contribution in [1.29, 1.82) is 0 Å². The zero-order valence-corrected chi connectivity index (χ0v) is 15.3. The molecule has 2 aromatic rings. The van der Waals surface area contributed by atoms with E-state index in [2.05, 4.69) is 5.32 Å². The van der Waals surface area contributed by atoms with Crippen molar-refractivity contribution in [3.8, 4) is 0 Å². The number of benzene rings is 1. The highest BCUT2D eigenvalue weighted by molar-refractivity contribution is 7.89. The predicted molar refractivity (Wildman–Crippen MR) is 95.7 cm³/mol. The molecule has 1 amide bonds. The molecule has 25 heavy (non-hydrogen) atoms. The first-order valence-electron chi connectivity index (χ1n) is 8.42. The average Bonchev–Trinajstić information content (AvgIpc) is 3.25. The van der Waals surface area contributed by atoms with Gasteiger partial charge in [-0.2, -0.15) is 4.31 Å². The van der Waals surface area contributed by atoms with E-state index in [0.717, 1.165) is 18.4 Å². The molecule has 0 radical (unpaired) electrons. The van der Waals surface area contributed by atoms with Gasteiger partial charge in [0.15, 0.2) is 0 Å². The molecule has 1 aromatic carbocycles. The molecule has 0 unspecified atom stereocenters. The van der Waals surface area contributed by atoms with Crippen LogP contribution in [-0.2, 0) is 17.1 Å². The van der Waals surface area contributed by atoms with Gasteiger partial charge in [0.1, 0.15) is 10.6 Å². The summed E-state index contributed by atoms with van der Waals surface area (Å²) in [6, 6.07) is 10.9. The lowest BCUT2D eigenvalue weighted by atomic mass is 10.1. The van der Waals surface area contributed by atoms with E-state index in [4.69, 9.17) is 0 Å². The molecule has 7 heteroatoms.